The molecule has 0 amide bonds. The number of ether oxygens (including phenoxy) is 1. The third-order valence-corrected chi connectivity index (χ3v) is 3.83. The molecule has 5 nitrogen and oxygen atoms in total. The van der Waals surface area contributed by atoms with Crippen LogP contribution in [0.5, 0.6) is 0 Å². The van der Waals surface area contributed by atoms with Crippen LogP contribution in [0.3, 0.4) is 0 Å². The van der Waals surface area contributed by atoms with E-state index in [0.717, 1.165) is 28.2 Å². The number of alkyl halides is 1. The van der Waals surface area contributed by atoms with Crippen LogP contribution in [0.15, 0.2) is 22.7 Å². The molecule has 1 aromatic carbocycles. The molecule has 20 heavy (non-hydrogen) atoms. The summed E-state index contributed by atoms with van der Waals surface area (Å²) in [7, 11) is 1.37. The zero-order valence-corrected chi connectivity index (χ0v) is 14.2. The quantitative estimate of drug-likeness (QED) is 0.581. The zero-order chi connectivity index (χ0) is 14.7. The van der Waals surface area contributed by atoms with E-state index in [9.17, 15) is 4.79 Å². The van der Waals surface area contributed by atoms with Crippen LogP contribution in [0.4, 0.5) is 0 Å². The van der Waals surface area contributed by atoms with Crippen LogP contribution in [-0.2, 0) is 16.5 Å². The van der Waals surface area contributed by atoms with Gasteiger partial charge in [0.25, 0.3) is 0 Å². The number of hydrogen-bond acceptors (Lipinski definition) is 4. The number of halogens is 2. The number of carbonyl (C=O) groups excluding carboxylic acids is 1. The molecule has 0 fully saturated rings. The monoisotopic (exact) mass is 401 g/mol. The first-order valence-electron chi connectivity index (χ1n) is 5.99. The van der Waals surface area contributed by atoms with E-state index in [0.29, 0.717) is 10.9 Å². The van der Waals surface area contributed by atoms with E-state index in [1.807, 2.05) is 23.6 Å². The fourth-order valence-electron chi connectivity index (χ4n) is 1.92. The van der Waals surface area contributed by atoms with Gasteiger partial charge in [-0.2, -0.15) is 0 Å². The Balaban J connectivity index is 2.69. The Morgan fingerprint density at radius 1 is 1.35 bits per heavy atom. The summed E-state index contributed by atoms with van der Waals surface area (Å²) in [5.74, 6) is 1.15. The predicted molar refractivity (Wildman–Crippen MR) is 82.4 cm³/mol. The van der Waals surface area contributed by atoms with Crippen molar-refractivity contribution >= 4 is 37.8 Å². The summed E-state index contributed by atoms with van der Waals surface area (Å²) in [6.45, 7) is 2.00. The molecule has 2 rings (SSSR count). The molecule has 0 atom stereocenters. The lowest BCUT2D eigenvalue weighted by atomic mass is 10.1. The average Bonchev–Trinajstić information content (AvgIpc) is 2.89. The largest absolute Gasteiger partial charge is 0.465 e. The van der Waals surface area contributed by atoms with E-state index < -0.39 is 5.97 Å². The summed E-state index contributed by atoms with van der Waals surface area (Å²) in [5, 5.41) is 8.83. The minimum atomic E-state index is -0.391. The molecule has 1 heterocycles. The van der Waals surface area contributed by atoms with Crippen LogP contribution in [0, 0.1) is 0 Å². The van der Waals surface area contributed by atoms with E-state index >= 15 is 0 Å². The summed E-state index contributed by atoms with van der Waals surface area (Å²) in [6, 6.07) is 5.46. The predicted octanol–water partition coefficient (Wildman–Crippen LogP) is 3.27. The normalized spacial score (nSPS) is 10.6. The summed E-state index contributed by atoms with van der Waals surface area (Å²) in [5.41, 5.74) is 1.19. The number of carbonyl (C=O) groups is 1. The summed E-state index contributed by atoms with van der Waals surface area (Å²) < 4.78 is 7.55. The molecule has 7 heteroatoms. The van der Waals surface area contributed by atoms with Gasteiger partial charge >= 0.3 is 5.97 Å². The molecular formula is C13H13Br2N3O2. The number of methoxy groups -OCH3 is 1. The highest BCUT2D eigenvalue weighted by Gasteiger charge is 2.19. The highest BCUT2D eigenvalue weighted by Crippen LogP contribution is 2.24. The van der Waals surface area contributed by atoms with Gasteiger partial charge < -0.3 is 4.74 Å². The molecule has 0 N–H and O–H groups in total. The first kappa shape index (κ1) is 15.2. The van der Waals surface area contributed by atoms with Crippen molar-refractivity contribution in [3.63, 3.8) is 0 Å². The molecule has 106 valence electrons. The third kappa shape index (κ3) is 2.78. The fraction of sp³-hybridized carbons (Fsp3) is 0.308. The molecule has 0 spiro atoms. The molecule has 2 aromatic rings. The van der Waals surface area contributed by atoms with Crippen LogP contribution >= 0.6 is 31.9 Å². The van der Waals surface area contributed by atoms with Crippen LogP contribution in [0.1, 0.15) is 28.9 Å². The number of aromatic nitrogens is 3. The maximum absolute atomic E-state index is 12.0. The molecule has 0 saturated heterocycles. The van der Waals surface area contributed by atoms with Gasteiger partial charge in [-0.3, -0.25) is 4.57 Å². The second-order valence-corrected chi connectivity index (χ2v) is 5.48. The van der Waals surface area contributed by atoms with E-state index in [2.05, 4.69) is 42.1 Å². The van der Waals surface area contributed by atoms with Gasteiger partial charge in [0.1, 0.15) is 11.6 Å². The highest BCUT2D eigenvalue weighted by atomic mass is 79.9. The van der Waals surface area contributed by atoms with Gasteiger partial charge in [0.15, 0.2) is 0 Å². The van der Waals surface area contributed by atoms with Gasteiger partial charge in [0, 0.05) is 10.9 Å². The third-order valence-electron chi connectivity index (χ3n) is 2.84. The number of esters is 1. The number of hydrogen-bond donors (Lipinski definition) is 0. The van der Waals surface area contributed by atoms with Crippen molar-refractivity contribution in [2.45, 2.75) is 18.7 Å². The lowest BCUT2D eigenvalue weighted by Crippen LogP contribution is -2.11. The van der Waals surface area contributed by atoms with E-state index in [1.54, 1.807) is 6.07 Å². The van der Waals surface area contributed by atoms with Crippen LogP contribution in [0.2, 0.25) is 0 Å². The molecule has 1 aromatic heterocycles. The Morgan fingerprint density at radius 3 is 2.65 bits per heavy atom. The lowest BCUT2D eigenvalue weighted by molar-refractivity contribution is 0.0600. The Hall–Kier alpha value is -1.21. The summed E-state index contributed by atoms with van der Waals surface area (Å²) in [4.78, 5) is 12.0. The summed E-state index contributed by atoms with van der Waals surface area (Å²) in [6.07, 6.45) is 0.719. The highest BCUT2D eigenvalue weighted by molar-refractivity contribution is 9.10. The smallest absolute Gasteiger partial charge is 0.340 e. The molecule has 0 aliphatic rings. The van der Waals surface area contributed by atoms with E-state index in [-0.39, 0.29) is 0 Å². The Morgan fingerprint density at radius 2 is 2.05 bits per heavy atom. The molecular weight excluding hydrogens is 390 g/mol. The van der Waals surface area contributed by atoms with Crippen molar-refractivity contribution in [1.29, 1.82) is 0 Å². The summed E-state index contributed by atoms with van der Waals surface area (Å²) >= 11 is 6.76. The minimum Gasteiger partial charge on any atom is -0.465 e. The Kier molecular flexibility index (Phi) is 4.93. The fourth-order valence-corrected chi connectivity index (χ4v) is 2.65. The van der Waals surface area contributed by atoms with Gasteiger partial charge in [-0.15, -0.1) is 10.2 Å². The molecule has 0 unspecified atom stereocenters. The molecule has 0 aliphatic heterocycles. The van der Waals surface area contributed by atoms with Crippen molar-refractivity contribution in [2.75, 3.05) is 7.11 Å². The maximum atomic E-state index is 12.0. The van der Waals surface area contributed by atoms with E-state index in [1.165, 1.54) is 7.11 Å². The molecule has 0 aliphatic carbocycles. The first-order chi connectivity index (χ1) is 9.62. The van der Waals surface area contributed by atoms with Gasteiger partial charge in [0.2, 0.25) is 0 Å². The van der Waals surface area contributed by atoms with Crippen LogP contribution < -0.4 is 0 Å². The van der Waals surface area contributed by atoms with E-state index in [4.69, 9.17) is 4.74 Å². The Bertz CT molecular complexity index is 619. The first-order valence-corrected chi connectivity index (χ1v) is 7.91. The molecule has 0 radical (unpaired) electrons. The lowest BCUT2D eigenvalue weighted by Gasteiger charge is -2.13. The van der Waals surface area contributed by atoms with Gasteiger partial charge in [0.05, 0.1) is 23.7 Å². The maximum Gasteiger partial charge on any atom is 0.340 e. The molecule has 0 bridgehead atoms. The van der Waals surface area contributed by atoms with Crippen LogP contribution in [-0.4, -0.2) is 27.8 Å². The second-order valence-electron chi connectivity index (χ2n) is 4.01. The van der Waals surface area contributed by atoms with Crippen molar-refractivity contribution in [3.05, 3.63) is 39.9 Å². The average molecular weight is 403 g/mol. The van der Waals surface area contributed by atoms with Gasteiger partial charge in [-0.1, -0.05) is 38.8 Å². The zero-order valence-electron chi connectivity index (χ0n) is 11.1. The second kappa shape index (κ2) is 6.49. The number of rotatable bonds is 4. The van der Waals surface area contributed by atoms with Crippen LogP contribution in [0.25, 0.3) is 5.69 Å². The topological polar surface area (TPSA) is 57.0 Å². The number of nitrogens with zero attached hydrogens (tertiary/aromatic N) is 3. The van der Waals surface area contributed by atoms with Gasteiger partial charge in [-0.05, 0) is 18.2 Å². The standard InChI is InChI=1S/C13H13Br2N3O2/c1-3-11-16-17-12(7-14)18(11)10-5-4-8(15)6-9(10)13(19)20-2/h4-6H,3,7H2,1-2H3. The number of benzene rings is 1. The minimum absolute atomic E-state index is 0.391. The molecule has 0 saturated carbocycles. The van der Waals surface area contributed by atoms with Crippen molar-refractivity contribution in [2.24, 2.45) is 0 Å². The SMILES string of the molecule is CCc1nnc(CBr)n1-c1ccc(Br)cc1C(=O)OC. The van der Waals surface area contributed by atoms with Gasteiger partial charge in [-0.25, -0.2) is 4.79 Å². The number of aryl methyl sites for hydroxylation is 1. The van der Waals surface area contributed by atoms with Crippen molar-refractivity contribution < 1.29 is 9.53 Å². The Labute approximate surface area is 133 Å². The van der Waals surface area contributed by atoms with Crippen molar-refractivity contribution in [3.8, 4) is 5.69 Å². The van der Waals surface area contributed by atoms with Crippen molar-refractivity contribution in [1.82, 2.24) is 14.8 Å².